The van der Waals surface area contributed by atoms with E-state index in [0.29, 0.717) is 10.7 Å². The van der Waals surface area contributed by atoms with Crippen LogP contribution >= 0.6 is 11.8 Å². The topological polar surface area (TPSA) is 94.3 Å². The molecule has 0 saturated heterocycles. The van der Waals surface area contributed by atoms with Crippen molar-refractivity contribution >= 4 is 29.1 Å². The molecule has 1 aromatic rings. The molecule has 17 heavy (non-hydrogen) atoms. The molecule has 0 spiro atoms. The molecule has 0 atom stereocenters. The Hall–Kier alpha value is -2.02. The normalized spacial score (nSPS) is 15.8. The molecule has 6 nitrogen and oxygen atoms in total. The molecule has 2 rings (SSSR count). The summed E-state index contributed by atoms with van der Waals surface area (Å²) in [4.78, 5) is 14.9. The first kappa shape index (κ1) is 11.5. The van der Waals surface area contributed by atoms with Gasteiger partial charge in [0, 0.05) is 6.21 Å². The number of carbonyl (C=O) groups is 1. The van der Waals surface area contributed by atoms with Gasteiger partial charge in [-0.2, -0.15) is 0 Å². The zero-order valence-corrected chi connectivity index (χ0v) is 9.44. The molecule has 0 fully saturated rings. The third-order valence-corrected chi connectivity index (χ3v) is 2.79. The molecule has 0 radical (unpaired) electrons. The summed E-state index contributed by atoms with van der Waals surface area (Å²) in [5, 5.41) is 22.6. The quantitative estimate of drug-likeness (QED) is 0.504. The molecule has 1 heterocycles. The number of amides is 1. The Morgan fingerprint density at radius 3 is 2.88 bits per heavy atom. The molecule has 1 aliphatic rings. The van der Waals surface area contributed by atoms with Crippen molar-refractivity contribution in [1.29, 1.82) is 0 Å². The van der Waals surface area contributed by atoms with Gasteiger partial charge in [0.15, 0.2) is 11.5 Å². The minimum atomic E-state index is -0.208. The van der Waals surface area contributed by atoms with E-state index in [-0.39, 0.29) is 23.2 Å². The molecule has 0 bridgehead atoms. The first-order valence-electron chi connectivity index (χ1n) is 4.70. The molecule has 3 N–H and O–H groups in total. The number of amidine groups is 1. The van der Waals surface area contributed by atoms with Gasteiger partial charge in [0.1, 0.15) is 0 Å². The highest BCUT2D eigenvalue weighted by molar-refractivity contribution is 8.14. The summed E-state index contributed by atoms with van der Waals surface area (Å²) in [5.41, 5.74) is 2.94. The van der Waals surface area contributed by atoms with Crippen LogP contribution in [0.1, 0.15) is 5.56 Å². The van der Waals surface area contributed by atoms with Gasteiger partial charge in [-0.15, -0.1) is 5.10 Å². The number of hydrazone groups is 1. The van der Waals surface area contributed by atoms with E-state index >= 15 is 0 Å². The summed E-state index contributed by atoms with van der Waals surface area (Å²) in [6, 6.07) is 4.35. The van der Waals surface area contributed by atoms with Gasteiger partial charge in [-0.3, -0.25) is 4.79 Å². The van der Waals surface area contributed by atoms with Gasteiger partial charge in [0.25, 0.3) is 5.91 Å². The van der Waals surface area contributed by atoms with Crippen molar-refractivity contribution < 1.29 is 15.0 Å². The molecule has 0 aromatic heterocycles. The van der Waals surface area contributed by atoms with Crippen LogP contribution in [-0.4, -0.2) is 33.3 Å². The number of phenols is 2. The van der Waals surface area contributed by atoms with Crippen LogP contribution in [-0.2, 0) is 4.79 Å². The number of nitrogens with one attached hydrogen (secondary N) is 1. The SMILES string of the molecule is O=C1CSC(/N=C/c2ccc(O)c(O)c2)=NN1. The summed E-state index contributed by atoms with van der Waals surface area (Å²) in [5.74, 6) is -0.257. The van der Waals surface area contributed by atoms with Crippen molar-refractivity contribution in [1.82, 2.24) is 5.43 Å². The van der Waals surface area contributed by atoms with Crippen LogP contribution < -0.4 is 5.43 Å². The van der Waals surface area contributed by atoms with Gasteiger partial charge in [-0.25, -0.2) is 10.4 Å². The Kier molecular flexibility index (Phi) is 3.29. The zero-order valence-electron chi connectivity index (χ0n) is 8.62. The van der Waals surface area contributed by atoms with E-state index in [1.807, 2.05) is 0 Å². The number of aliphatic imine (C=N–C) groups is 1. The monoisotopic (exact) mass is 251 g/mol. The molecular formula is C10H9N3O3S. The fourth-order valence-electron chi connectivity index (χ4n) is 1.12. The second-order valence-electron chi connectivity index (χ2n) is 3.22. The van der Waals surface area contributed by atoms with Crippen molar-refractivity contribution in [2.24, 2.45) is 10.1 Å². The van der Waals surface area contributed by atoms with Crippen molar-refractivity contribution in [2.75, 3.05) is 5.75 Å². The van der Waals surface area contributed by atoms with Gasteiger partial charge in [0.05, 0.1) is 5.75 Å². The summed E-state index contributed by atoms with van der Waals surface area (Å²) in [6.07, 6.45) is 1.49. The number of aromatic hydroxyl groups is 2. The Bertz CT molecular complexity index is 514. The lowest BCUT2D eigenvalue weighted by molar-refractivity contribution is -0.118. The number of hydrogen-bond acceptors (Lipinski definition) is 6. The molecule has 88 valence electrons. The molecule has 0 aliphatic carbocycles. The van der Waals surface area contributed by atoms with E-state index in [1.54, 1.807) is 6.07 Å². The number of carbonyl (C=O) groups excluding carboxylic acids is 1. The lowest BCUT2D eigenvalue weighted by Crippen LogP contribution is -2.25. The molecule has 0 unspecified atom stereocenters. The Morgan fingerprint density at radius 1 is 1.41 bits per heavy atom. The maximum Gasteiger partial charge on any atom is 0.250 e. The van der Waals surface area contributed by atoms with Crippen LogP contribution in [0.25, 0.3) is 0 Å². The lowest BCUT2D eigenvalue weighted by Gasteiger charge is -2.06. The number of hydrogen-bond donors (Lipinski definition) is 3. The van der Waals surface area contributed by atoms with E-state index in [4.69, 9.17) is 5.11 Å². The average Bonchev–Trinajstić information content (AvgIpc) is 2.33. The van der Waals surface area contributed by atoms with Crippen LogP contribution in [0.3, 0.4) is 0 Å². The maximum absolute atomic E-state index is 10.8. The van der Waals surface area contributed by atoms with Crippen LogP contribution in [0.15, 0.2) is 28.3 Å². The first-order chi connectivity index (χ1) is 8.15. The number of thioether (sulfide) groups is 1. The van der Waals surface area contributed by atoms with Gasteiger partial charge >= 0.3 is 0 Å². The van der Waals surface area contributed by atoms with Crippen LogP contribution in [0.5, 0.6) is 11.5 Å². The second-order valence-corrected chi connectivity index (χ2v) is 4.17. The minimum Gasteiger partial charge on any atom is -0.504 e. The highest BCUT2D eigenvalue weighted by Gasteiger charge is 2.10. The van der Waals surface area contributed by atoms with E-state index in [2.05, 4.69) is 15.5 Å². The third kappa shape index (κ3) is 2.97. The predicted molar refractivity (Wildman–Crippen MR) is 65.4 cm³/mol. The highest BCUT2D eigenvalue weighted by Crippen LogP contribution is 2.24. The van der Waals surface area contributed by atoms with Gasteiger partial charge < -0.3 is 10.2 Å². The smallest absolute Gasteiger partial charge is 0.250 e. The van der Waals surface area contributed by atoms with E-state index in [9.17, 15) is 9.90 Å². The predicted octanol–water partition coefficient (Wildman–Crippen LogP) is 0.651. The lowest BCUT2D eigenvalue weighted by atomic mass is 10.2. The summed E-state index contributed by atoms with van der Waals surface area (Å²) >= 11 is 1.23. The number of benzene rings is 1. The molecule has 1 aliphatic heterocycles. The number of phenolic OH excluding ortho intramolecular Hbond substituents is 2. The van der Waals surface area contributed by atoms with E-state index < -0.39 is 0 Å². The molecule has 1 aromatic carbocycles. The second kappa shape index (κ2) is 4.88. The first-order valence-corrected chi connectivity index (χ1v) is 5.69. The molecular weight excluding hydrogens is 242 g/mol. The van der Waals surface area contributed by atoms with E-state index in [1.165, 1.54) is 30.1 Å². The maximum atomic E-state index is 10.8. The fraction of sp³-hybridized carbons (Fsp3) is 0.100. The van der Waals surface area contributed by atoms with Crippen LogP contribution in [0, 0.1) is 0 Å². The highest BCUT2D eigenvalue weighted by atomic mass is 32.2. The Labute approximate surface area is 101 Å². The largest absolute Gasteiger partial charge is 0.504 e. The number of rotatable bonds is 1. The van der Waals surface area contributed by atoms with Gasteiger partial charge in [-0.1, -0.05) is 11.8 Å². The third-order valence-electron chi connectivity index (χ3n) is 1.93. The average molecular weight is 251 g/mol. The standard InChI is InChI=1S/C10H9N3O3S/c14-7-2-1-6(3-8(7)15)4-11-10-13-12-9(16)5-17-10/h1-4,14-15H,5H2,(H,12,16)/b11-4+. The van der Waals surface area contributed by atoms with Gasteiger partial charge in [0.2, 0.25) is 5.17 Å². The number of nitrogens with zero attached hydrogens (tertiary/aromatic N) is 2. The van der Waals surface area contributed by atoms with E-state index in [0.717, 1.165) is 0 Å². The minimum absolute atomic E-state index is 0.156. The summed E-state index contributed by atoms with van der Waals surface area (Å²) in [7, 11) is 0. The Balaban J connectivity index is 2.10. The van der Waals surface area contributed by atoms with Crippen molar-refractivity contribution in [2.45, 2.75) is 0 Å². The van der Waals surface area contributed by atoms with Crippen molar-refractivity contribution in [3.8, 4) is 11.5 Å². The Morgan fingerprint density at radius 2 is 2.24 bits per heavy atom. The zero-order chi connectivity index (χ0) is 12.3. The van der Waals surface area contributed by atoms with Crippen molar-refractivity contribution in [3.05, 3.63) is 23.8 Å². The van der Waals surface area contributed by atoms with Gasteiger partial charge in [-0.05, 0) is 23.8 Å². The fourth-order valence-corrected chi connectivity index (χ4v) is 1.68. The van der Waals surface area contributed by atoms with Crippen LogP contribution in [0.2, 0.25) is 0 Å². The van der Waals surface area contributed by atoms with Crippen LogP contribution in [0.4, 0.5) is 0 Å². The summed E-state index contributed by atoms with van der Waals surface area (Å²) in [6.45, 7) is 0. The molecule has 1 amide bonds. The van der Waals surface area contributed by atoms with Crippen molar-refractivity contribution in [3.63, 3.8) is 0 Å². The molecule has 7 heteroatoms. The summed E-state index contributed by atoms with van der Waals surface area (Å²) < 4.78 is 0. The molecule has 0 saturated carbocycles.